The summed E-state index contributed by atoms with van der Waals surface area (Å²) in [5.41, 5.74) is 3.17. The number of aliphatic imine (C=N–C) groups is 2. The van der Waals surface area contributed by atoms with Crippen molar-refractivity contribution in [2.45, 2.75) is 8.68 Å². The van der Waals surface area contributed by atoms with Crippen molar-refractivity contribution >= 4 is 103 Å². The van der Waals surface area contributed by atoms with Gasteiger partial charge in [-0.1, -0.05) is 46.2 Å². The SMILES string of the molecule is CN(C)/C=N/c1nnc(SCC(=O)Nc2ccc(-c3nc4cc(NC(=O)CSc5nnc(/N=C/N(C)C)s5)ccc4o3)cc2)s1. The first kappa shape index (κ1) is 32.0. The average Bonchev–Trinajstić information content (AvgIpc) is 3.77. The van der Waals surface area contributed by atoms with Gasteiger partial charge in [0.1, 0.15) is 5.52 Å². The Labute approximate surface area is 274 Å². The fraction of sp³-hybridized carbons (Fsp3) is 0.222. The number of carbonyl (C=O) groups is 2. The van der Waals surface area contributed by atoms with Gasteiger partial charge in [-0.15, -0.1) is 20.4 Å². The van der Waals surface area contributed by atoms with Crippen LogP contribution in [0.4, 0.5) is 21.6 Å². The van der Waals surface area contributed by atoms with E-state index in [2.05, 4.69) is 46.0 Å². The number of oxazole rings is 1. The first-order valence-corrected chi connectivity index (χ1v) is 16.7. The molecule has 3 heterocycles. The molecule has 2 amide bonds. The van der Waals surface area contributed by atoms with E-state index >= 15 is 0 Å². The summed E-state index contributed by atoms with van der Waals surface area (Å²) in [6, 6.07) is 12.5. The lowest BCUT2D eigenvalue weighted by atomic mass is 10.2. The maximum atomic E-state index is 12.5. The summed E-state index contributed by atoms with van der Waals surface area (Å²) in [5, 5.41) is 22.9. The molecule has 0 saturated heterocycles. The van der Waals surface area contributed by atoms with Gasteiger partial charge in [-0.3, -0.25) is 9.59 Å². The predicted molar refractivity (Wildman–Crippen MR) is 182 cm³/mol. The zero-order valence-corrected chi connectivity index (χ0v) is 27.8. The zero-order chi connectivity index (χ0) is 31.8. The summed E-state index contributed by atoms with van der Waals surface area (Å²) in [6.07, 6.45) is 3.29. The number of hydrogen-bond acceptors (Lipinski definition) is 14. The molecule has 0 unspecified atom stereocenters. The van der Waals surface area contributed by atoms with Crippen molar-refractivity contribution in [1.82, 2.24) is 35.2 Å². The van der Waals surface area contributed by atoms with Crippen LogP contribution in [0.1, 0.15) is 0 Å². The van der Waals surface area contributed by atoms with E-state index < -0.39 is 0 Å². The lowest BCUT2D eigenvalue weighted by Crippen LogP contribution is -2.13. The Balaban J connectivity index is 1.12. The van der Waals surface area contributed by atoms with Crippen molar-refractivity contribution in [2.75, 3.05) is 50.3 Å². The fourth-order valence-corrected chi connectivity index (χ4v) is 6.39. The van der Waals surface area contributed by atoms with Crippen molar-refractivity contribution in [3.63, 3.8) is 0 Å². The normalized spacial score (nSPS) is 11.5. The molecule has 232 valence electrons. The monoisotopic (exact) mass is 681 g/mol. The molecule has 2 aromatic carbocycles. The molecule has 0 saturated carbocycles. The molecule has 0 radical (unpaired) electrons. The highest BCUT2D eigenvalue weighted by atomic mass is 32.2. The van der Waals surface area contributed by atoms with Gasteiger partial charge in [-0.2, -0.15) is 0 Å². The van der Waals surface area contributed by atoms with Crippen LogP contribution in [0.2, 0.25) is 0 Å². The van der Waals surface area contributed by atoms with E-state index in [0.29, 0.717) is 47.3 Å². The number of anilines is 2. The number of rotatable bonds is 13. The molecule has 14 nitrogen and oxygen atoms in total. The Kier molecular flexibility index (Phi) is 10.7. The summed E-state index contributed by atoms with van der Waals surface area (Å²) >= 11 is 5.22. The van der Waals surface area contributed by atoms with E-state index in [4.69, 9.17) is 4.42 Å². The second-order valence-corrected chi connectivity index (χ2v) is 13.9. The molecule has 5 aromatic rings. The molecular weight excluding hydrogens is 655 g/mol. The summed E-state index contributed by atoms with van der Waals surface area (Å²) < 4.78 is 7.25. The van der Waals surface area contributed by atoms with Crippen LogP contribution in [0.5, 0.6) is 0 Å². The first-order chi connectivity index (χ1) is 21.7. The number of nitrogens with zero attached hydrogens (tertiary/aromatic N) is 9. The van der Waals surface area contributed by atoms with Crippen molar-refractivity contribution in [3.05, 3.63) is 42.5 Å². The highest BCUT2D eigenvalue weighted by Crippen LogP contribution is 2.30. The molecule has 0 aliphatic heterocycles. The number of benzene rings is 2. The summed E-state index contributed by atoms with van der Waals surface area (Å²) in [6.45, 7) is 0. The zero-order valence-electron chi connectivity index (χ0n) is 24.5. The van der Waals surface area contributed by atoms with E-state index in [1.165, 1.54) is 46.2 Å². The molecule has 0 spiro atoms. The Hall–Kier alpha value is -4.39. The molecule has 45 heavy (non-hydrogen) atoms. The number of carbonyl (C=O) groups excluding carboxylic acids is 2. The van der Waals surface area contributed by atoms with Crippen molar-refractivity contribution in [3.8, 4) is 11.5 Å². The highest BCUT2D eigenvalue weighted by molar-refractivity contribution is 8.02. The van der Waals surface area contributed by atoms with Crippen LogP contribution >= 0.6 is 46.2 Å². The van der Waals surface area contributed by atoms with Gasteiger partial charge >= 0.3 is 0 Å². The lowest BCUT2D eigenvalue weighted by molar-refractivity contribution is -0.114. The summed E-state index contributed by atoms with van der Waals surface area (Å²) in [5.74, 6) is 0.426. The average molecular weight is 682 g/mol. The maximum Gasteiger partial charge on any atom is 0.234 e. The minimum absolute atomic E-state index is 0.168. The van der Waals surface area contributed by atoms with Gasteiger partial charge < -0.3 is 24.9 Å². The van der Waals surface area contributed by atoms with E-state index in [0.717, 1.165) is 5.56 Å². The third-order valence-corrected chi connectivity index (χ3v) is 9.26. The van der Waals surface area contributed by atoms with Gasteiger partial charge in [0.15, 0.2) is 14.3 Å². The maximum absolute atomic E-state index is 12.5. The Morgan fingerprint density at radius 2 is 1.33 bits per heavy atom. The number of nitrogens with one attached hydrogen (secondary N) is 2. The van der Waals surface area contributed by atoms with Crippen molar-refractivity contribution in [1.29, 1.82) is 0 Å². The third kappa shape index (κ3) is 9.55. The standard InChI is InChI=1S/C27H27N11O3S4/c1-37(2)14-28-24-33-35-26(44-24)42-12-21(39)30-17-7-5-16(6-8-17)23-32-19-11-18(9-10-20(19)41-23)31-22(40)13-43-27-36-34-25(45-27)29-15-38(3)4/h5-11,14-15H,12-13H2,1-4H3,(H,30,39)(H,31,40)/b28-14+,29-15+. The third-order valence-electron chi connectivity index (χ3n) is 5.33. The topological polar surface area (TPSA) is 167 Å². The van der Waals surface area contributed by atoms with Crippen LogP contribution in [-0.4, -0.2) is 99.4 Å². The number of fused-ring (bicyclic) bond motifs is 1. The van der Waals surface area contributed by atoms with Gasteiger partial charge in [-0.05, 0) is 42.5 Å². The van der Waals surface area contributed by atoms with Crippen LogP contribution < -0.4 is 10.6 Å². The molecule has 0 fully saturated rings. The van der Waals surface area contributed by atoms with Gasteiger partial charge in [-0.25, -0.2) is 15.0 Å². The van der Waals surface area contributed by atoms with Crippen LogP contribution in [0.3, 0.4) is 0 Å². The number of thioether (sulfide) groups is 2. The lowest BCUT2D eigenvalue weighted by Gasteiger charge is -2.04. The predicted octanol–water partition coefficient (Wildman–Crippen LogP) is 5.10. The van der Waals surface area contributed by atoms with E-state index in [-0.39, 0.29) is 23.3 Å². The van der Waals surface area contributed by atoms with Crippen LogP contribution in [0.25, 0.3) is 22.6 Å². The molecule has 0 aliphatic rings. The Bertz CT molecular complexity index is 1830. The number of aromatic nitrogens is 5. The van der Waals surface area contributed by atoms with E-state index in [1.54, 1.807) is 52.8 Å². The Morgan fingerprint density at radius 1 is 0.800 bits per heavy atom. The molecule has 3 aromatic heterocycles. The Morgan fingerprint density at radius 3 is 1.89 bits per heavy atom. The van der Waals surface area contributed by atoms with Crippen LogP contribution in [0, 0.1) is 0 Å². The van der Waals surface area contributed by atoms with E-state index in [1.807, 2.05) is 40.3 Å². The quantitative estimate of drug-likeness (QED) is 0.0960. The fourth-order valence-electron chi connectivity index (χ4n) is 3.43. The van der Waals surface area contributed by atoms with Crippen molar-refractivity contribution in [2.24, 2.45) is 9.98 Å². The molecule has 0 bridgehead atoms. The molecule has 2 N–H and O–H groups in total. The van der Waals surface area contributed by atoms with Crippen molar-refractivity contribution < 1.29 is 14.0 Å². The molecule has 5 rings (SSSR count). The number of amides is 2. The highest BCUT2D eigenvalue weighted by Gasteiger charge is 2.13. The minimum atomic E-state index is -0.185. The van der Waals surface area contributed by atoms with Gasteiger partial charge in [0.05, 0.1) is 24.2 Å². The molecular formula is C27H27N11O3S4. The smallest absolute Gasteiger partial charge is 0.234 e. The van der Waals surface area contributed by atoms with Crippen LogP contribution in [0.15, 0.2) is 65.5 Å². The van der Waals surface area contributed by atoms with Crippen LogP contribution in [-0.2, 0) is 9.59 Å². The first-order valence-electron chi connectivity index (χ1n) is 13.1. The van der Waals surface area contributed by atoms with Gasteiger partial charge in [0, 0.05) is 45.1 Å². The largest absolute Gasteiger partial charge is 0.436 e. The second-order valence-electron chi connectivity index (χ2n) is 9.57. The second kappa shape index (κ2) is 15.1. The van der Waals surface area contributed by atoms with E-state index in [9.17, 15) is 9.59 Å². The van der Waals surface area contributed by atoms with Gasteiger partial charge in [0.2, 0.25) is 28.0 Å². The molecule has 18 heteroatoms. The molecule has 0 aliphatic carbocycles. The molecule has 0 atom stereocenters. The minimum Gasteiger partial charge on any atom is -0.436 e. The number of hydrogen-bond donors (Lipinski definition) is 2. The van der Waals surface area contributed by atoms with Gasteiger partial charge in [0.25, 0.3) is 0 Å². The summed E-state index contributed by atoms with van der Waals surface area (Å²) in [4.78, 5) is 41.6. The summed E-state index contributed by atoms with van der Waals surface area (Å²) in [7, 11) is 7.47.